The first-order chi connectivity index (χ1) is 13.8. The molecular formula is C21H19FN2O5. The molecule has 3 rings (SSSR count). The van der Waals surface area contributed by atoms with Crippen molar-refractivity contribution in [1.82, 2.24) is 0 Å². The summed E-state index contributed by atoms with van der Waals surface area (Å²) < 4.78 is 24.6. The Hall–Kier alpha value is -3.68. The Morgan fingerprint density at radius 3 is 2.79 bits per heavy atom. The third-order valence-electron chi connectivity index (χ3n) is 4.35. The highest BCUT2D eigenvalue weighted by Gasteiger charge is 2.16. The average molecular weight is 398 g/mol. The number of amides is 1. The van der Waals surface area contributed by atoms with Gasteiger partial charge in [-0.2, -0.15) is 4.39 Å². The molecular weight excluding hydrogens is 379 g/mol. The van der Waals surface area contributed by atoms with E-state index >= 15 is 0 Å². The predicted octanol–water partition coefficient (Wildman–Crippen LogP) is 5.23. The van der Waals surface area contributed by atoms with E-state index in [2.05, 4.69) is 5.32 Å². The Bertz CT molecular complexity index is 1130. The van der Waals surface area contributed by atoms with Crippen LogP contribution in [0.1, 0.15) is 25.0 Å². The van der Waals surface area contributed by atoms with Crippen molar-refractivity contribution in [2.45, 2.75) is 20.8 Å². The summed E-state index contributed by atoms with van der Waals surface area (Å²) in [6.45, 7) is 5.97. The number of nitrogens with one attached hydrogen (secondary N) is 1. The van der Waals surface area contributed by atoms with Crippen LogP contribution in [0.5, 0.6) is 5.75 Å². The topological polar surface area (TPSA) is 94.6 Å². The molecule has 0 unspecified atom stereocenters. The van der Waals surface area contributed by atoms with Crippen molar-refractivity contribution < 1.29 is 23.3 Å². The molecule has 0 aliphatic heterocycles. The lowest BCUT2D eigenvalue weighted by atomic mass is 10.0. The zero-order valence-electron chi connectivity index (χ0n) is 16.1. The van der Waals surface area contributed by atoms with Crippen molar-refractivity contribution in [3.05, 3.63) is 69.7 Å². The fraction of sp³-hybridized carbons (Fsp3) is 0.190. The van der Waals surface area contributed by atoms with Crippen LogP contribution in [-0.4, -0.2) is 17.4 Å². The lowest BCUT2D eigenvalue weighted by Gasteiger charge is -2.11. The SMILES string of the molecule is CCOc1cc2occ(C)c2cc1/C(C)=C/C(=O)Nc1ccc(F)c([N+](=O)[O-])c1. The Labute approximate surface area is 165 Å². The predicted molar refractivity (Wildman–Crippen MR) is 107 cm³/mol. The van der Waals surface area contributed by atoms with E-state index in [4.69, 9.17) is 9.15 Å². The smallest absolute Gasteiger partial charge is 0.306 e. The van der Waals surface area contributed by atoms with E-state index in [1.54, 1.807) is 19.3 Å². The van der Waals surface area contributed by atoms with Gasteiger partial charge in [0.25, 0.3) is 0 Å². The zero-order valence-corrected chi connectivity index (χ0v) is 16.1. The van der Waals surface area contributed by atoms with Gasteiger partial charge < -0.3 is 14.5 Å². The monoisotopic (exact) mass is 398 g/mol. The second-order valence-electron chi connectivity index (χ2n) is 6.44. The highest BCUT2D eigenvalue weighted by atomic mass is 19.1. The number of halogens is 1. The summed E-state index contributed by atoms with van der Waals surface area (Å²) in [6, 6.07) is 6.84. The maximum Gasteiger partial charge on any atom is 0.306 e. The first-order valence-electron chi connectivity index (χ1n) is 8.88. The first-order valence-corrected chi connectivity index (χ1v) is 8.88. The van der Waals surface area contributed by atoms with Crippen LogP contribution < -0.4 is 10.1 Å². The lowest BCUT2D eigenvalue weighted by molar-refractivity contribution is -0.387. The van der Waals surface area contributed by atoms with Crippen LogP contribution >= 0.6 is 0 Å². The number of carbonyl (C=O) groups is 1. The van der Waals surface area contributed by atoms with Crippen molar-refractivity contribution in [3.63, 3.8) is 0 Å². The molecule has 0 radical (unpaired) electrons. The molecule has 0 aliphatic carbocycles. The number of carbonyl (C=O) groups excluding carboxylic acids is 1. The summed E-state index contributed by atoms with van der Waals surface area (Å²) in [4.78, 5) is 22.4. The molecule has 1 aromatic heterocycles. The second kappa shape index (κ2) is 8.14. The van der Waals surface area contributed by atoms with Gasteiger partial charge in [0.1, 0.15) is 11.3 Å². The number of nitro groups is 1. The number of fused-ring (bicyclic) bond motifs is 1. The van der Waals surface area contributed by atoms with Gasteiger partial charge in [0.15, 0.2) is 0 Å². The average Bonchev–Trinajstić information content (AvgIpc) is 3.02. The molecule has 0 saturated heterocycles. The van der Waals surface area contributed by atoms with Crippen molar-refractivity contribution >= 4 is 33.8 Å². The highest BCUT2D eigenvalue weighted by Crippen LogP contribution is 2.33. The molecule has 3 aromatic rings. The second-order valence-corrected chi connectivity index (χ2v) is 6.44. The largest absolute Gasteiger partial charge is 0.493 e. The van der Waals surface area contributed by atoms with E-state index in [0.29, 0.717) is 23.5 Å². The van der Waals surface area contributed by atoms with Crippen molar-refractivity contribution in [2.75, 3.05) is 11.9 Å². The molecule has 1 N–H and O–H groups in total. The van der Waals surface area contributed by atoms with Crippen molar-refractivity contribution in [1.29, 1.82) is 0 Å². The molecule has 0 aliphatic rings. The number of rotatable bonds is 6. The Morgan fingerprint density at radius 2 is 2.10 bits per heavy atom. The van der Waals surface area contributed by atoms with Crippen LogP contribution in [0.25, 0.3) is 16.5 Å². The van der Waals surface area contributed by atoms with Crippen LogP contribution in [0.2, 0.25) is 0 Å². The number of nitrogens with zero attached hydrogens (tertiary/aromatic N) is 1. The van der Waals surface area contributed by atoms with E-state index in [0.717, 1.165) is 28.6 Å². The molecule has 8 heteroatoms. The Morgan fingerprint density at radius 1 is 1.34 bits per heavy atom. The number of benzene rings is 2. The fourth-order valence-electron chi connectivity index (χ4n) is 2.95. The Balaban J connectivity index is 1.91. The number of furan rings is 1. The van der Waals surface area contributed by atoms with Crippen LogP contribution in [0, 0.1) is 22.9 Å². The summed E-state index contributed by atoms with van der Waals surface area (Å²) in [7, 11) is 0. The number of aryl methyl sites for hydroxylation is 1. The molecule has 1 amide bonds. The minimum Gasteiger partial charge on any atom is -0.493 e. The number of hydrogen-bond donors (Lipinski definition) is 1. The van der Waals surface area contributed by atoms with Gasteiger partial charge in [-0.25, -0.2) is 0 Å². The Kier molecular flexibility index (Phi) is 5.63. The normalized spacial score (nSPS) is 11.5. The minimum absolute atomic E-state index is 0.123. The van der Waals surface area contributed by atoms with E-state index in [1.807, 2.05) is 19.9 Å². The number of hydrogen-bond acceptors (Lipinski definition) is 5. The van der Waals surface area contributed by atoms with Crippen LogP contribution in [0.15, 0.2) is 47.1 Å². The molecule has 150 valence electrons. The summed E-state index contributed by atoms with van der Waals surface area (Å²) in [5.74, 6) is -0.895. The molecule has 1 heterocycles. The molecule has 0 atom stereocenters. The molecule has 0 spiro atoms. The van der Waals surface area contributed by atoms with E-state index in [1.165, 1.54) is 12.1 Å². The number of nitro benzene ring substituents is 1. The van der Waals surface area contributed by atoms with Crippen LogP contribution in [0.3, 0.4) is 0 Å². The van der Waals surface area contributed by atoms with Gasteiger partial charge in [-0.3, -0.25) is 14.9 Å². The molecule has 2 aromatic carbocycles. The number of anilines is 1. The molecule has 0 fully saturated rings. The third kappa shape index (κ3) is 4.26. The van der Waals surface area contributed by atoms with Gasteiger partial charge >= 0.3 is 5.69 Å². The van der Waals surface area contributed by atoms with Gasteiger partial charge in [0, 0.05) is 34.8 Å². The standard InChI is InChI=1S/C21H19FN2O5/c1-4-28-19-10-20-16(13(3)11-29-20)9-15(19)12(2)7-21(25)23-14-5-6-17(22)18(8-14)24(26)27/h5-11H,4H2,1-3H3,(H,23,25)/b12-7+. The van der Waals surface area contributed by atoms with E-state index in [9.17, 15) is 19.3 Å². The van der Waals surface area contributed by atoms with E-state index in [-0.39, 0.29) is 5.69 Å². The van der Waals surface area contributed by atoms with Crippen LogP contribution in [0.4, 0.5) is 15.8 Å². The molecule has 0 bridgehead atoms. The maximum absolute atomic E-state index is 13.5. The molecule has 29 heavy (non-hydrogen) atoms. The van der Waals surface area contributed by atoms with Gasteiger partial charge in [-0.05, 0) is 50.1 Å². The number of ether oxygens (including phenoxy) is 1. The highest BCUT2D eigenvalue weighted by molar-refractivity contribution is 6.04. The maximum atomic E-state index is 13.5. The summed E-state index contributed by atoms with van der Waals surface area (Å²) in [6.07, 6.45) is 3.01. The first kappa shape index (κ1) is 20.1. The van der Waals surface area contributed by atoms with Gasteiger partial charge in [0.05, 0.1) is 17.8 Å². The quantitative estimate of drug-likeness (QED) is 0.349. The van der Waals surface area contributed by atoms with Gasteiger partial charge in [0.2, 0.25) is 11.7 Å². The van der Waals surface area contributed by atoms with E-state index < -0.39 is 22.3 Å². The van der Waals surface area contributed by atoms with Crippen molar-refractivity contribution in [3.8, 4) is 5.75 Å². The third-order valence-corrected chi connectivity index (χ3v) is 4.35. The van der Waals surface area contributed by atoms with Gasteiger partial charge in [-0.1, -0.05) is 0 Å². The van der Waals surface area contributed by atoms with Crippen LogP contribution in [-0.2, 0) is 4.79 Å². The summed E-state index contributed by atoms with van der Waals surface area (Å²) >= 11 is 0. The molecule has 0 saturated carbocycles. The minimum atomic E-state index is -0.968. The lowest BCUT2D eigenvalue weighted by Crippen LogP contribution is -2.09. The fourth-order valence-corrected chi connectivity index (χ4v) is 2.95. The zero-order chi connectivity index (χ0) is 21.1. The summed E-state index contributed by atoms with van der Waals surface area (Å²) in [5.41, 5.74) is 2.42. The summed E-state index contributed by atoms with van der Waals surface area (Å²) in [5, 5.41) is 14.3. The van der Waals surface area contributed by atoms with Gasteiger partial charge in [-0.15, -0.1) is 0 Å². The number of allylic oxidation sites excluding steroid dienone is 1. The van der Waals surface area contributed by atoms with Crippen molar-refractivity contribution in [2.24, 2.45) is 0 Å². The molecule has 7 nitrogen and oxygen atoms in total.